The van der Waals surface area contributed by atoms with E-state index in [-0.39, 0.29) is 12.1 Å². The van der Waals surface area contributed by atoms with Crippen LogP contribution in [-0.4, -0.2) is 27.6 Å². The topological polar surface area (TPSA) is 71.3 Å². The Bertz CT molecular complexity index is 968. The normalized spacial score (nSPS) is 16.8. The molecule has 1 aromatic heterocycles. The summed E-state index contributed by atoms with van der Waals surface area (Å²) in [6.07, 6.45) is 2.81. The van der Waals surface area contributed by atoms with Crippen molar-refractivity contribution in [3.63, 3.8) is 0 Å². The highest BCUT2D eigenvalue weighted by Crippen LogP contribution is 2.32. The number of aromatic nitrogens is 2. The predicted molar refractivity (Wildman–Crippen MR) is 108 cm³/mol. The van der Waals surface area contributed by atoms with Crippen molar-refractivity contribution in [2.45, 2.75) is 39.2 Å². The number of rotatable bonds is 3. The summed E-state index contributed by atoms with van der Waals surface area (Å²) in [5, 5.41) is 7.16. The van der Waals surface area contributed by atoms with Crippen LogP contribution in [0.5, 0.6) is 0 Å². The van der Waals surface area contributed by atoms with Crippen molar-refractivity contribution in [3.05, 3.63) is 65.5 Å². The molecule has 2 heterocycles. The lowest BCUT2D eigenvalue weighted by atomic mass is 10.0. The molecule has 28 heavy (non-hydrogen) atoms. The summed E-state index contributed by atoms with van der Waals surface area (Å²) in [4.78, 5) is 19.4. The van der Waals surface area contributed by atoms with E-state index in [2.05, 4.69) is 21.5 Å². The molecule has 2 amide bonds. The maximum atomic E-state index is 13.0. The third-order valence-electron chi connectivity index (χ3n) is 5.15. The van der Waals surface area contributed by atoms with Gasteiger partial charge in [-0.2, -0.15) is 4.98 Å². The van der Waals surface area contributed by atoms with Crippen LogP contribution < -0.4 is 5.32 Å². The average Bonchev–Trinajstić information content (AvgIpc) is 3.21. The minimum atomic E-state index is -0.204. The summed E-state index contributed by atoms with van der Waals surface area (Å²) in [5.41, 5.74) is 3.95. The lowest BCUT2D eigenvalue weighted by Crippen LogP contribution is -2.41. The maximum absolute atomic E-state index is 13.0. The zero-order valence-corrected chi connectivity index (χ0v) is 16.2. The number of benzene rings is 2. The second-order valence-electron chi connectivity index (χ2n) is 7.28. The molecule has 0 bridgehead atoms. The van der Waals surface area contributed by atoms with Gasteiger partial charge in [0, 0.05) is 17.8 Å². The molecular formula is C22H24N4O2. The van der Waals surface area contributed by atoms with Gasteiger partial charge in [0.05, 0.1) is 0 Å². The van der Waals surface area contributed by atoms with Crippen molar-refractivity contribution in [2.75, 3.05) is 11.9 Å². The van der Waals surface area contributed by atoms with Gasteiger partial charge in [0.2, 0.25) is 11.7 Å². The van der Waals surface area contributed by atoms with E-state index in [4.69, 9.17) is 4.52 Å². The fraction of sp³-hybridized carbons (Fsp3) is 0.318. The van der Waals surface area contributed by atoms with Gasteiger partial charge < -0.3 is 14.7 Å². The summed E-state index contributed by atoms with van der Waals surface area (Å²) in [6, 6.07) is 15.4. The number of likely N-dealkylation sites (tertiary alicyclic amines) is 1. The maximum Gasteiger partial charge on any atom is 0.322 e. The fourth-order valence-electron chi connectivity index (χ4n) is 3.65. The number of carbonyl (C=O) groups is 1. The molecule has 0 saturated carbocycles. The molecule has 1 fully saturated rings. The van der Waals surface area contributed by atoms with Crippen LogP contribution in [0, 0.1) is 13.8 Å². The van der Waals surface area contributed by atoms with Crippen molar-refractivity contribution in [1.29, 1.82) is 0 Å². The van der Waals surface area contributed by atoms with E-state index in [0.29, 0.717) is 18.3 Å². The first-order valence-electron chi connectivity index (χ1n) is 9.66. The summed E-state index contributed by atoms with van der Waals surface area (Å²) in [6.45, 7) is 4.71. The Hall–Kier alpha value is -3.15. The number of hydrogen-bond donors (Lipinski definition) is 1. The smallest absolute Gasteiger partial charge is 0.322 e. The van der Waals surface area contributed by atoms with Crippen molar-refractivity contribution in [2.24, 2.45) is 0 Å². The van der Waals surface area contributed by atoms with Crippen LogP contribution >= 0.6 is 0 Å². The van der Waals surface area contributed by atoms with E-state index in [0.717, 1.165) is 36.1 Å². The number of nitrogens with one attached hydrogen (secondary N) is 1. The minimum absolute atomic E-state index is 0.129. The third kappa shape index (κ3) is 3.76. The first-order chi connectivity index (χ1) is 13.6. The van der Waals surface area contributed by atoms with Gasteiger partial charge >= 0.3 is 6.03 Å². The molecule has 2 aromatic carbocycles. The monoisotopic (exact) mass is 376 g/mol. The van der Waals surface area contributed by atoms with Crippen LogP contribution in [-0.2, 0) is 0 Å². The second kappa shape index (κ2) is 7.84. The van der Waals surface area contributed by atoms with Crippen LogP contribution in [0.4, 0.5) is 10.5 Å². The number of hydrogen-bond acceptors (Lipinski definition) is 4. The van der Waals surface area contributed by atoms with E-state index >= 15 is 0 Å². The van der Waals surface area contributed by atoms with Crippen molar-refractivity contribution >= 4 is 11.7 Å². The zero-order chi connectivity index (χ0) is 19.5. The Labute approximate surface area is 164 Å². The Balaban J connectivity index is 1.55. The summed E-state index contributed by atoms with van der Waals surface area (Å²) in [5.74, 6) is 1.05. The first kappa shape index (κ1) is 18.2. The Morgan fingerprint density at radius 3 is 2.75 bits per heavy atom. The number of anilines is 1. The molecule has 144 valence electrons. The molecular weight excluding hydrogens is 352 g/mol. The van der Waals surface area contributed by atoms with E-state index in [1.807, 2.05) is 61.2 Å². The summed E-state index contributed by atoms with van der Waals surface area (Å²) >= 11 is 0. The highest BCUT2D eigenvalue weighted by molar-refractivity contribution is 5.90. The van der Waals surface area contributed by atoms with Crippen LogP contribution in [0.1, 0.15) is 42.3 Å². The first-order valence-corrected chi connectivity index (χ1v) is 9.66. The van der Waals surface area contributed by atoms with E-state index in [1.165, 1.54) is 5.56 Å². The van der Waals surface area contributed by atoms with Crippen LogP contribution in [0.3, 0.4) is 0 Å². The Morgan fingerprint density at radius 1 is 1.14 bits per heavy atom. The van der Waals surface area contributed by atoms with Gasteiger partial charge in [0.15, 0.2) is 0 Å². The van der Waals surface area contributed by atoms with E-state index in [1.54, 1.807) is 0 Å². The molecule has 0 unspecified atom stereocenters. The van der Waals surface area contributed by atoms with Gasteiger partial charge in [0.1, 0.15) is 6.04 Å². The molecule has 1 atom stereocenters. The standard InChI is InChI=1S/C22H24N4O2/c1-15-11-12-18(16(2)14-15)23-22(27)26-13-7-6-10-19(26)21-24-20(25-28-21)17-8-4-3-5-9-17/h3-5,8-9,11-12,14,19H,6-7,10,13H2,1-2H3,(H,23,27)/t19-/m1/s1. The predicted octanol–water partition coefficient (Wildman–Crippen LogP) is 5.11. The minimum Gasteiger partial charge on any atom is -0.337 e. The zero-order valence-electron chi connectivity index (χ0n) is 16.2. The summed E-state index contributed by atoms with van der Waals surface area (Å²) < 4.78 is 5.55. The van der Waals surface area contributed by atoms with Crippen LogP contribution in [0.25, 0.3) is 11.4 Å². The molecule has 4 rings (SSSR count). The molecule has 1 aliphatic heterocycles. The average molecular weight is 376 g/mol. The largest absolute Gasteiger partial charge is 0.337 e. The number of carbonyl (C=O) groups excluding carboxylic acids is 1. The molecule has 1 aliphatic rings. The number of nitrogens with zero attached hydrogens (tertiary/aromatic N) is 3. The quantitative estimate of drug-likeness (QED) is 0.689. The van der Waals surface area contributed by atoms with E-state index < -0.39 is 0 Å². The highest BCUT2D eigenvalue weighted by Gasteiger charge is 2.32. The SMILES string of the molecule is Cc1ccc(NC(=O)N2CCCC[C@@H]2c2nc(-c3ccccc3)no2)c(C)c1. The second-order valence-corrected chi connectivity index (χ2v) is 7.28. The molecule has 0 spiro atoms. The third-order valence-corrected chi connectivity index (χ3v) is 5.15. The molecule has 1 N–H and O–H groups in total. The number of urea groups is 1. The van der Waals surface area contributed by atoms with Crippen molar-refractivity contribution < 1.29 is 9.32 Å². The Kier molecular flexibility index (Phi) is 5.10. The van der Waals surface area contributed by atoms with Gasteiger partial charge in [-0.3, -0.25) is 0 Å². The molecule has 1 saturated heterocycles. The number of aryl methyl sites for hydroxylation is 2. The van der Waals surface area contributed by atoms with Crippen molar-refractivity contribution in [3.8, 4) is 11.4 Å². The van der Waals surface area contributed by atoms with Crippen LogP contribution in [0.15, 0.2) is 53.1 Å². The lowest BCUT2D eigenvalue weighted by molar-refractivity contribution is 0.142. The van der Waals surface area contributed by atoms with Crippen molar-refractivity contribution in [1.82, 2.24) is 15.0 Å². The summed E-state index contributed by atoms with van der Waals surface area (Å²) in [7, 11) is 0. The lowest BCUT2D eigenvalue weighted by Gasteiger charge is -2.33. The van der Waals surface area contributed by atoms with Crippen LogP contribution in [0.2, 0.25) is 0 Å². The number of amides is 2. The molecule has 6 nitrogen and oxygen atoms in total. The van der Waals surface area contributed by atoms with Gasteiger partial charge in [-0.25, -0.2) is 4.79 Å². The Morgan fingerprint density at radius 2 is 1.96 bits per heavy atom. The van der Waals surface area contributed by atoms with Gasteiger partial charge in [-0.05, 0) is 44.7 Å². The van der Waals surface area contributed by atoms with Gasteiger partial charge in [-0.1, -0.05) is 53.2 Å². The van der Waals surface area contributed by atoms with E-state index in [9.17, 15) is 4.79 Å². The molecule has 0 radical (unpaired) electrons. The number of piperidine rings is 1. The molecule has 0 aliphatic carbocycles. The highest BCUT2D eigenvalue weighted by atomic mass is 16.5. The van der Waals surface area contributed by atoms with Gasteiger partial charge in [0.25, 0.3) is 0 Å². The van der Waals surface area contributed by atoms with Gasteiger partial charge in [-0.15, -0.1) is 0 Å². The molecule has 6 heteroatoms. The fourth-order valence-corrected chi connectivity index (χ4v) is 3.65. The molecule has 3 aromatic rings.